The van der Waals surface area contributed by atoms with Gasteiger partial charge in [-0.1, -0.05) is 323 Å². The summed E-state index contributed by atoms with van der Waals surface area (Å²) in [5.41, 5.74) is 6.10. The standard InChI is InChI=1S/C92H136O6S5/c1-8-14-20-26-30-34-38-42-46-52-58-91(59-53-47-43-39-35-31-27-21-15-9-2)74-65-78(100-85(74)87-76(97-91)64-71(68-93)99-87)89-81-82(84(95)73-63-70(57-51-25-19-13-6)69(56-50-24-18-12-5)62-72(73)83(81)94)90(103-89)79-66-75-86(101-79)88-77(67-80(96-7)102-88)98-92(75,60-54-48-44-40-36-32-28-22-16-10-3)61-55-49-45-41-37-33-29-23-17-11-4/h62-68H,8-61H2,1-7H3. The molecule has 2 aliphatic heterocycles. The van der Waals surface area contributed by atoms with E-state index < -0.39 is 11.2 Å². The predicted octanol–water partition coefficient (Wildman–Crippen LogP) is 31.9. The Morgan fingerprint density at radius 1 is 0.330 bits per heavy atom. The first-order valence-electron chi connectivity index (χ1n) is 43.0. The van der Waals surface area contributed by atoms with E-state index in [-0.39, 0.29) is 11.6 Å². The molecule has 7 heterocycles. The number of hydrogen-bond acceptors (Lipinski definition) is 11. The normalized spacial score (nSPS) is 13.9. The van der Waals surface area contributed by atoms with Crippen molar-refractivity contribution >= 4 is 74.5 Å². The first-order chi connectivity index (χ1) is 50.6. The van der Waals surface area contributed by atoms with E-state index in [0.717, 1.165) is 155 Å². The molecule has 9 rings (SSSR count). The fraction of sp³-hybridized carbons (Fsp3) is 0.685. The molecule has 0 fully saturated rings. The van der Waals surface area contributed by atoms with Crippen molar-refractivity contribution in [2.45, 2.75) is 399 Å². The molecule has 11 heteroatoms. The molecule has 0 atom stereocenters. The fourth-order valence-corrected chi connectivity index (χ4v) is 23.1. The number of ether oxygens (including phenoxy) is 3. The van der Waals surface area contributed by atoms with E-state index in [2.05, 4.69) is 71.9 Å². The lowest BCUT2D eigenvalue weighted by Crippen LogP contribution is -2.35. The van der Waals surface area contributed by atoms with Gasteiger partial charge in [-0.05, 0) is 112 Å². The average molecular weight is 1500 g/mol. The molecule has 6 aromatic rings. The summed E-state index contributed by atoms with van der Waals surface area (Å²) in [6.07, 6.45) is 66.6. The number of carbonyl (C=O) groups excluding carboxylic acids is 3. The van der Waals surface area contributed by atoms with Gasteiger partial charge in [-0.15, -0.1) is 45.3 Å². The Hall–Kier alpha value is -3.87. The molecule has 5 aromatic heterocycles. The SMILES string of the molecule is CCCCCCCCCCCCC1(CCCCCCCCCCCC)Oc2cc(C=O)sc2-c2sc(-c3sc(-c4cc5c(s4)-c4sc(OC)cc4OC5(CCCCCCCCCCCC)CCCCCCCCCCCC)c4c3C(=O)c3cc(CCCCCC)c(CCCCCC)cc3C4=O)cc21. The molecule has 0 spiro atoms. The summed E-state index contributed by atoms with van der Waals surface area (Å²) in [6, 6.07) is 13.4. The van der Waals surface area contributed by atoms with Gasteiger partial charge < -0.3 is 14.2 Å². The van der Waals surface area contributed by atoms with Crippen molar-refractivity contribution in [2.75, 3.05) is 7.11 Å². The predicted molar refractivity (Wildman–Crippen MR) is 449 cm³/mol. The topological polar surface area (TPSA) is 78.9 Å². The minimum absolute atomic E-state index is 0.0189. The van der Waals surface area contributed by atoms with E-state index >= 15 is 9.59 Å². The average Bonchev–Trinajstić information content (AvgIpc) is 1.56. The van der Waals surface area contributed by atoms with Gasteiger partial charge in [-0.3, -0.25) is 14.4 Å². The summed E-state index contributed by atoms with van der Waals surface area (Å²) < 4.78 is 21.3. The van der Waals surface area contributed by atoms with Gasteiger partial charge in [0.1, 0.15) is 22.7 Å². The number of ketones is 2. The Balaban J connectivity index is 1.15. The molecule has 0 saturated heterocycles. The molecular weight excluding hydrogens is 1360 g/mol. The van der Waals surface area contributed by atoms with Crippen molar-refractivity contribution in [3.05, 3.63) is 85.8 Å². The van der Waals surface area contributed by atoms with Crippen LogP contribution in [0.3, 0.4) is 0 Å². The molecule has 6 nitrogen and oxygen atoms in total. The van der Waals surface area contributed by atoms with E-state index in [1.807, 2.05) is 17.4 Å². The Bertz CT molecular complexity index is 3420. The summed E-state index contributed by atoms with van der Waals surface area (Å²) in [7, 11) is 1.78. The third-order valence-corrected chi connectivity index (χ3v) is 29.4. The zero-order valence-corrected chi connectivity index (χ0v) is 69.8. The zero-order chi connectivity index (χ0) is 72.5. The van der Waals surface area contributed by atoms with Crippen LogP contribution >= 0.6 is 56.7 Å². The molecule has 0 radical (unpaired) electrons. The van der Waals surface area contributed by atoms with E-state index in [4.69, 9.17) is 14.2 Å². The summed E-state index contributed by atoms with van der Waals surface area (Å²) in [5, 5.41) is 0.847. The van der Waals surface area contributed by atoms with E-state index in [9.17, 15) is 4.79 Å². The molecule has 0 amide bonds. The second-order valence-corrected chi connectivity index (χ2v) is 36.7. The highest BCUT2D eigenvalue weighted by molar-refractivity contribution is 7.30. The van der Waals surface area contributed by atoms with Crippen LogP contribution in [0.5, 0.6) is 16.6 Å². The lowest BCUT2D eigenvalue weighted by atomic mass is 9.79. The van der Waals surface area contributed by atoms with Gasteiger partial charge in [0.05, 0.1) is 52.4 Å². The third-order valence-electron chi connectivity index (χ3n) is 23.2. The lowest BCUT2D eigenvalue weighted by molar-refractivity contribution is 0.0394. The second-order valence-electron chi connectivity index (χ2n) is 31.5. The third kappa shape index (κ3) is 23.1. The van der Waals surface area contributed by atoms with Crippen LogP contribution < -0.4 is 14.2 Å². The zero-order valence-electron chi connectivity index (χ0n) is 65.7. The highest BCUT2D eigenvalue weighted by atomic mass is 32.1. The quantitative estimate of drug-likeness (QED) is 0.0279. The van der Waals surface area contributed by atoms with Crippen molar-refractivity contribution in [2.24, 2.45) is 0 Å². The Morgan fingerprint density at radius 2 is 0.631 bits per heavy atom. The van der Waals surface area contributed by atoms with Crippen LogP contribution in [0.15, 0.2) is 36.4 Å². The van der Waals surface area contributed by atoms with Crippen molar-refractivity contribution in [3.8, 4) is 55.6 Å². The van der Waals surface area contributed by atoms with Gasteiger partial charge in [0.15, 0.2) is 22.9 Å². The molecule has 0 unspecified atom stereocenters. The van der Waals surface area contributed by atoms with Gasteiger partial charge in [0.25, 0.3) is 0 Å². The van der Waals surface area contributed by atoms with Crippen LogP contribution in [0, 0.1) is 0 Å². The van der Waals surface area contributed by atoms with Crippen molar-refractivity contribution < 1.29 is 28.6 Å². The van der Waals surface area contributed by atoms with Gasteiger partial charge >= 0.3 is 0 Å². The first-order valence-corrected chi connectivity index (χ1v) is 47.1. The van der Waals surface area contributed by atoms with Gasteiger partial charge in [0.2, 0.25) is 0 Å². The van der Waals surface area contributed by atoms with Crippen LogP contribution in [0.25, 0.3) is 39.0 Å². The number of carbonyl (C=O) groups is 3. The number of aryl methyl sites for hydroxylation is 2. The van der Waals surface area contributed by atoms with E-state index in [0.29, 0.717) is 27.1 Å². The van der Waals surface area contributed by atoms with Crippen molar-refractivity contribution in [1.29, 1.82) is 0 Å². The van der Waals surface area contributed by atoms with Crippen LogP contribution in [0.2, 0.25) is 0 Å². The van der Waals surface area contributed by atoms with Crippen LogP contribution in [-0.2, 0) is 24.0 Å². The number of hydrogen-bond donors (Lipinski definition) is 0. The highest BCUT2D eigenvalue weighted by Crippen LogP contribution is 2.62. The molecule has 103 heavy (non-hydrogen) atoms. The molecule has 0 saturated carbocycles. The molecule has 0 bridgehead atoms. The number of rotatable bonds is 58. The number of thiophene rings is 5. The molecule has 1 aliphatic carbocycles. The van der Waals surface area contributed by atoms with Crippen LogP contribution in [0.4, 0.5) is 0 Å². The molecular formula is C92H136O6S5. The minimum atomic E-state index is -0.594. The number of benzene rings is 1. The van der Waals surface area contributed by atoms with Crippen molar-refractivity contribution in [1.82, 2.24) is 0 Å². The summed E-state index contributed by atoms with van der Waals surface area (Å²) in [6.45, 7) is 13.8. The van der Waals surface area contributed by atoms with Gasteiger partial charge in [-0.25, -0.2) is 0 Å². The second kappa shape index (κ2) is 45.2. The molecule has 1 aromatic carbocycles. The number of methoxy groups -OCH3 is 1. The summed E-state index contributed by atoms with van der Waals surface area (Å²) >= 11 is 8.47. The number of aldehydes is 1. The van der Waals surface area contributed by atoms with Crippen molar-refractivity contribution in [3.63, 3.8) is 0 Å². The maximum atomic E-state index is 16.5. The highest BCUT2D eigenvalue weighted by Gasteiger charge is 2.47. The Kier molecular flexibility index (Phi) is 36.5. The summed E-state index contributed by atoms with van der Waals surface area (Å²) in [5.74, 6) is 1.71. The number of fused-ring (bicyclic) bond motifs is 8. The van der Waals surface area contributed by atoms with Gasteiger partial charge in [-0.2, -0.15) is 0 Å². The molecule has 3 aliphatic rings. The molecule has 570 valence electrons. The monoisotopic (exact) mass is 1500 g/mol. The first kappa shape index (κ1) is 83.2. The minimum Gasteiger partial charge on any atom is -0.487 e. The molecule has 0 N–H and O–H groups in total. The maximum Gasteiger partial charge on any atom is 0.196 e. The van der Waals surface area contributed by atoms with E-state index in [1.54, 1.807) is 41.1 Å². The fourth-order valence-electron chi connectivity index (χ4n) is 17.0. The number of unbranched alkanes of at least 4 members (excludes halogenated alkanes) is 42. The smallest absolute Gasteiger partial charge is 0.196 e. The summed E-state index contributed by atoms with van der Waals surface area (Å²) in [4.78, 5) is 54.9. The Labute approximate surface area is 646 Å². The lowest BCUT2D eigenvalue weighted by Gasteiger charge is -2.38. The largest absolute Gasteiger partial charge is 0.487 e. The van der Waals surface area contributed by atoms with E-state index in [1.165, 1.54) is 287 Å². The Morgan fingerprint density at radius 3 is 0.951 bits per heavy atom. The van der Waals surface area contributed by atoms with Gasteiger partial charge in [0, 0.05) is 44.1 Å². The van der Waals surface area contributed by atoms with Crippen LogP contribution in [-0.4, -0.2) is 25.0 Å². The maximum absolute atomic E-state index is 16.5. The van der Waals surface area contributed by atoms with Crippen LogP contribution in [0.1, 0.15) is 439 Å².